The third kappa shape index (κ3) is 11.7. The molecule has 1 aromatic rings. The van der Waals surface area contributed by atoms with Gasteiger partial charge in [-0.05, 0) is 50.5 Å². The van der Waals surface area contributed by atoms with E-state index in [0.29, 0.717) is 12.8 Å². The molecule has 2 amide bonds. The molecule has 0 saturated heterocycles. The number of alkyl carbamates (subject to hydrolysis) is 1. The fraction of sp³-hybridized carbons (Fsp3) is 0.640. The van der Waals surface area contributed by atoms with Crippen LogP contribution in [0.15, 0.2) is 30.3 Å². The van der Waals surface area contributed by atoms with Crippen molar-refractivity contribution in [2.75, 3.05) is 0 Å². The third-order valence-corrected chi connectivity index (χ3v) is 4.36. The smallest absolute Gasteiger partial charge is 0.408 e. The summed E-state index contributed by atoms with van der Waals surface area (Å²) in [6.45, 7) is 15.3. The largest absolute Gasteiger partial charge is 0.459 e. The van der Waals surface area contributed by atoms with Crippen molar-refractivity contribution in [2.45, 2.75) is 92.5 Å². The second-order valence-corrected chi connectivity index (χ2v) is 10.7. The number of nitrogens with one attached hydrogen (secondary N) is 2. The fourth-order valence-electron chi connectivity index (χ4n) is 3.06. The van der Waals surface area contributed by atoms with Crippen LogP contribution in [0.2, 0.25) is 0 Å². The van der Waals surface area contributed by atoms with E-state index in [0.717, 1.165) is 5.56 Å². The molecule has 1 rings (SSSR count). The van der Waals surface area contributed by atoms with E-state index in [9.17, 15) is 14.4 Å². The Bertz CT molecular complexity index is 748. The van der Waals surface area contributed by atoms with Crippen molar-refractivity contribution in [1.82, 2.24) is 10.6 Å². The summed E-state index contributed by atoms with van der Waals surface area (Å²) >= 11 is 0. The van der Waals surface area contributed by atoms with Gasteiger partial charge in [0.2, 0.25) is 5.91 Å². The molecule has 0 aliphatic rings. The summed E-state index contributed by atoms with van der Waals surface area (Å²) < 4.78 is 10.8. The minimum absolute atomic E-state index is 0.127. The van der Waals surface area contributed by atoms with Crippen LogP contribution in [0.5, 0.6) is 0 Å². The Morgan fingerprint density at radius 3 is 2.00 bits per heavy atom. The van der Waals surface area contributed by atoms with Crippen LogP contribution in [-0.4, -0.2) is 35.7 Å². The highest BCUT2D eigenvalue weighted by Gasteiger charge is 2.32. The zero-order chi connectivity index (χ0) is 24.5. The minimum atomic E-state index is -0.832. The van der Waals surface area contributed by atoms with Gasteiger partial charge in [-0.15, -0.1) is 0 Å². The average molecular weight is 449 g/mol. The van der Waals surface area contributed by atoms with Gasteiger partial charge >= 0.3 is 12.1 Å². The van der Waals surface area contributed by atoms with Crippen molar-refractivity contribution in [3.63, 3.8) is 0 Å². The Kier molecular flexibility index (Phi) is 10.2. The summed E-state index contributed by atoms with van der Waals surface area (Å²) in [6.07, 6.45) is 0.136. The predicted molar refractivity (Wildman–Crippen MR) is 125 cm³/mol. The first-order valence-corrected chi connectivity index (χ1v) is 11.2. The van der Waals surface area contributed by atoms with Gasteiger partial charge in [0.1, 0.15) is 24.3 Å². The van der Waals surface area contributed by atoms with Crippen LogP contribution >= 0.6 is 0 Å². The fourth-order valence-corrected chi connectivity index (χ4v) is 3.06. The molecule has 0 unspecified atom stereocenters. The van der Waals surface area contributed by atoms with E-state index in [1.165, 1.54) is 0 Å². The van der Waals surface area contributed by atoms with Crippen molar-refractivity contribution < 1.29 is 23.9 Å². The standard InChI is InChI=1S/C25H40N2O5/c1-17(2)14-19(27-23(30)32-25(6,7)8)21(28)26-20(15-24(3,4)5)22(29)31-16-18-12-10-9-11-13-18/h9-13,17,19-20H,14-16H2,1-8H3,(H,26,28)(H,27,30)/t19-,20+/m1/s1. The zero-order valence-electron chi connectivity index (χ0n) is 20.8. The second-order valence-electron chi connectivity index (χ2n) is 10.7. The molecule has 0 heterocycles. The van der Waals surface area contributed by atoms with E-state index in [-0.39, 0.29) is 17.9 Å². The molecule has 0 aliphatic heterocycles. The Morgan fingerprint density at radius 1 is 0.906 bits per heavy atom. The number of ether oxygens (including phenoxy) is 2. The molecule has 0 fully saturated rings. The SMILES string of the molecule is CC(C)C[C@@H](NC(=O)OC(C)(C)C)C(=O)N[C@@H](CC(C)(C)C)C(=O)OCc1ccccc1. The van der Waals surface area contributed by atoms with Crippen molar-refractivity contribution in [1.29, 1.82) is 0 Å². The molecule has 32 heavy (non-hydrogen) atoms. The zero-order valence-corrected chi connectivity index (χ0v) is 20.8. The molecule has 7 heteroatoms. The predicted octanol–water partition coefficient (Wildman–Crippen LogP) is 4.59. The lowest BCUT2D eigenvalue weighted by atomic mass is 9.88. The number of esters is 1. The first kappa shape index (κ1) is 27.5. The van der Waals surface area contributed by atoms with Crippen LogP contribution < -0.4 is 10.6 Å². The monoisotopic (exact) mass is 448 g/mol. The van der Waals surface area contributed by atoms with Crippen molar-refractivity contribution >= 4 is 18.0 Å². The Labute approximate surface area is 192 Å². The number of carbonyl (C=O) groups excluding carboxylic acids is 3. The van der Waals surface area contributed by atoms with Crippen molar-refractivity contribution in [2.24, 2.45) is 11.3 Å². The molecule has 1 aromatic carbocycles. The lowest BCUT2D eigenvalue weighted by molar-refractivity contribution is -0.150. The molecule has 0 aliphatic carbocycles. The van der Waals surface area contributed by atoms with Gasteiger partial charge in [-0.1, -0.05) is 65.0 Å². The van der Waals surface area contributed by atoms with Crippen LogP contribution in [0.25, 0.3) is 0 Å². The molecule has 180 valence electrons. The van der Waals surface area contributed by atoms with Crippen LogP contribution in [-0.2, 0) is 25.7 Å². The summed E-state index contributed by atoms with van der Waals surface area (Å²) in [5.41, 5.74) is -0.0413. The van der Waals surface area contributed by atoms with Crippen LogP contribution in [0.4, 0.5) is 4.79 Å². The van der Waals surface area contributed by atoms with Crippen molar-refractivity contribution in [3.8, 4) is 0 Å². The topological polar surface area (TPSA) is 93.7 Å². The number of benzene rings is 1. The van der Waals surface area contributed by atoms with Gasteiger partial charge in [-0.3, -0.25) is 4.79 Å². The molecular weight excluding hydrogens is 408 g/mol. The number of carbonyl (C=O) groups is 3. The molecule has 0 saturated carbocycles. The van der Waals surface area contributed by atoms with E-state index < -0.39 is 35.7 Å². The summed E-state index contributed by atoms with van der Waals surface area (Å²) in [5.74, 6) is -0.792. The highest BCUT2D eigenvalue weighted by Crippen LogP contribution is 2.22. The summed E-state index contributed by atoms with van der Waals surface area (Å²) in [7, 11) is 0. The summed E-state index contributed by atoms with van der Waals surface area (Å²) in [6, 6.07) is 7.71. The first-order chi connectivity index (χ1) is 14.7. The van der Waals surface area contributed by atoms with E-state index in [1.807, 2.05) is 65.0 Å². The summed E-state index contributed by atoms with van der Waals surface area (Å²) in [5, 5.41) is 5.44. The van der Waals surface area contributed by atoms with Crippen LogP contribution in [0, 0.1) is 11.3 Å². The average Bonchev–Trinajstić information content (AvgIpc) is 2.62. The van der Waals surface area contributed by atoms with Gasteiger partial charge in [-0.2, -0.15) is 0 Å². The molecule has 2 N–H and O–H groups in total. The van der Waals surface area contributed by atoms with Gasteiger partial charge in [0.05, 0.1) is 0 Å². The lowest BCUT2D eigenvalue weighted by Crippen LogP contribution is -2.53. The van der Waals surface area contributed by atoms with E-state index >= 15 is 0 Å². The van der Waals surface area contributed by atoms with Crippen LogP contribution in [0.3, 0.4) is 0 Å². The number of amides is 2. The van der Waals surface area contributed by atoms with Gasteiger partial charge in [0.25, 0.3) is 0 Å². The van der Waals surface area contributed by atoms with Crippen molar-refractivity contribution in [3.05, 3.63) is 35.9 Å². The number of hydrogen-bond donors (Lipinski definition) is 2. The highest BCUT2D eigenvalue weighted by atomic mass is 16.6. The maximum absolute atomic E-state index is 13.1. The van der Waals surface area contributed by atoms with E-state index in [4.69, 9.17) is 9.47 Å². The number of rotatable bonds is 9. The summed E-state index contributed by atoms with van der Waals surface area (Å²) in [4.78, 5) is 38.2. The third-order valence-electron chi connectivity index (χ3n) is 4.36. The first-order valence-electron chi connectivity index (χ1n) is 11.2. The quantitative estimate of drug-likeness (QED) is 0.539. The van der Waals surface area contributed by atoms with Gasteiger partial charge in [0, 0.05) is 0 Å². The molecular formula is C25H40N2O5. The highest BCUT2D eigenvalue weighted by molar-refractivity contribution is 5.89. The molecule has 2 atom stereocenters. The molecule has 0 radical (unpaired) electrons. The molecule has 0 spiro atoms. The van der Waals surface area contributed by atoms with Gasteiger partial charge in [0.15, 0.2) is 0 Å². The number of hydrogen-bond acceptors (Lipinski definition) is 5. The van der Waals surface area contributed by atoms with E-state index in [2.05, 4.69) is 10.6 Å². The molecule has 0 aromatic heterocycles. The Balaban J connectivity index is 2.91. The van der Waals surface area contributed by atoms with E-state index in [1.54, 1.807) is 20.8 Å². The van der Waals surface area contributed by atoms with Gasteiger partial charge in [-0.25, -0.2) is 9.59 Å². The molecule has 7 nitrogen and oxygen atoms in total. The van der Waals surface area contributed by atoms with Crippen LogP contribution in [0.1, 0.15) is 73.8 Å². The normalized spacial score (nSPS) is 13.8. The lowest BCUT2D eigenvalue weighted by Gasteiger charge is -2.28. The maximum Gasteiger partial charge on any atom is 0.408 e. The minimum Gasteiger partial charge on any atom is -0.459 e. The van der Waals surface area contributed by atoms with Gasteiger partial charge < -0.3 is 20.1 Å². The Hall–Kier alpha value is -2.57. The molecule has 0 bridgehead atoms. The Morgan fingerprint density at radius 2 is 1.50 bits per heavy atom. The second kappa shape index (κ2) is 11.9. The maximum atomic E-state index is 13.1.